The molecule has 0 saturated heterocycles. The van der Waals surface area contributed by atoms with Crippen LogP contribution in [-0.4, -0.2) is 54.2 Å². The smallest absolute Gasteiger partial charge is 0.145 e. The SMILES string of the molecule is CC(C)COC[C@H](O)CN(Cc1ccccc1)C[C@@H]1CC(c2ccc(Cl)cc2)=NO1. The largest absolute Gasteiger partial charge is 0.390 e. The summed E-state index contributed by atoms with van der Waals surface area (Å²) in [6, 6.07) is 17.9. The van der Waals surface area contributed by atoms with Crippen LogP contribution >= 0.6 is 11.6 Å². The molecular formula is C24H31ClN2O3. The average Bonchev–Trinajstić information content (AvgIpc) is 3.17. The van der Waals surface area contributed by atoms with E-state index in [-0.39, 0.29) is 6.10 Å². The topological polar surface area (TPSA) is 54.3 Å². The lowest BCUT2D eigenvalue weighted by Gasteiger charge is -2.27. The maximum absolute atomic E-state index is 10.5. The first-order valence-electron chi connectivity index (χ1n) is 10.5. The Morgan fingerprint density at radius 2 is 1.87 bits per heavy atom. The molecule has 2 aromatic carbocycles. The molecule has 0 radical (unpaired) electrons. The highest BCUT2D eigenvalue weighted by molar-refractivity contribution is 6.30. The van der Waals surface area contributed by atoms with Gasteiger partial charge in [-0.2, -0.15) is 0 Å². The van der Waals surface area contributed by atoms with Gasteiger partial charge in [0.15, 0.2) is 0 Å². The molecule has 0 bridgehead atoms. The van der Waals surface area contributed by atoms with E-state index in [4.69, 9.17) is 21.2 Å². The zero-order chi connectivity index (χ0) is 21.3. The molecule has 162 valence electrons. The van der Waals surface area contributed by atoms with Crippen molar-refractivity contribution in [3.63, 3.8) is 0 Å². The van der Waals surface area contributed by atoms with Gasteiger partial charge < -0.3 is 14.7 Å². The molecule has 0 fully saturated rings. The van der Waals surface area contributed by atoms with E-state index in [0.717, 1.165) is 24.2 Å². The van der Waals surface area contributed by atoms with Crippen molar-refractivity contribution in [2.45, 2.75) is 39.0 Å². The summed E-state index contributed by atoms with van der Waals surface area (Å²) < 4.78 is 5.62. The Bertz CT molecular complexity index is 796. The van der Waals surface area contributed by atoms with Crippen LogP contribution in [0.4, 0.5) is 0 Å². The minimum atomic E-state index is -0.550. The lowest BCUT2D eigenvalue weighted by Crippen LogP contribution is -2.39. The molecule has 1 aliphatic rings. The number of nitrogens with zero attached hydrogens (tertiary/aromatic N) is 2. The van der Waals surface area contributed by atoms with Gasteiger partial charge >= 0.3 is 0 Å². The second kappa shape index (κ2) is 11.5. The molecule has 2 aromatic rings. The van der Waals surface area contributed by atoms with E-state index in [1.165, 1.54) is 5.56 Å². The summed E-state index contributed by atoms with van der Waals surface area (Å²) in [5.41, 5.74) is 3.15. The summed E-state index contributed by atoms with van der Waals surface area (Å²) >= 11 is 5.98. The zero-order valence-electron chi connectivity index (χ0n) is 17.7. The van der Waals surface area contributed by atoms with Crippen LogP contribution in [0.3, 0.4) is 0 Å². The fourth-order valence-corrected chi connectivity index (χ4v) is 3.59. The average molecular weight is 431 g/mol. The van der Waals surface area contributed by atoms with Crippen molar-refractivity contribution in [2.75, 3.05) is 26.3 Å². The monoisotopic (exact) mass is 430 g/mol. The van der Waals surface area contributed by atoms with Crippen LogP contribution in [0.25, 0.3) is 0 Å². The minimum Gasteiger partial charge on any atom is -0.390 e. The molecule has 2 atom stereocenters. The Balaban J connectivity index is 1.57. The maximum atomic E-state index is 10.5. The van der Waals surface area contributed by atoms with Gasteiger partial charge in [0, 0.05) is 37.7 Å². The second-order valence-electron chi connectivity index (χ2n) is 8.24. The first-order chi connectivity index (χ1) is 14.5. The zero-order valence-corrected chi connectivity index (χ0v) is 18.5. The van der Waals surface area contributed by atoms with Crippen LogP contribution in [-0.2, 0) is 16.1 Å². The van der Waals surface area contributed by atoms with Crippen molar-refractivity contribution in [3.05, 3.63) is 70.7 Å². The number of benzene rings is 2. The van der Waals surface area contributed by atoms with E-state index >= 15 is 0 Å². The standard InChI is InChI=1S/C24H31ClN2O3/c1-18(2)16-29-17-22(28)14-27(13-19-6-4-3-5-7-19)15-23-12-24(26-30-23)20-8-10-21(25)11-9-20/h3-11,18,22-23,28H,12-17H2,1-2H3/t22-,23+/m1/s1. The highest BCUT2D eigenvalue weighted by atomic mass is 35.5. The predicted octanol–water partition coefficient (Wildman–Crippen LogP) is 4.37. The van der Waals surface area contributed by atoms with Gasteiger partial charge in [-0.05, 0) is 29.2 Å². The number of hydrogen-bond donors (Lipinski definition) is 1. The summed E-state index contributed by atoms with van der Waals surface area (Å²) in [5.74, 6) is 0.452. The minimum absolute atomic E-state index is 0.0526. The fourth-order valence-electron chi connectivity index (χ4n) is 3.46. The molecule has 0 amide bonds. The third-order valence-electron chi connectivity index (χ3n) is 4.85. The first kappa shape index (κ1) is 22.8. The molecule has 1 heterocycles. The number of oxime groups is 1. The molecule has 0 saturated carbocycles. The molecule has 0 unspecified atom stereocenters. The highest BCUT2D eigenvalue weighted by Gasteiger charge is 2.25. The Hall–Kier alpha value is -1.92. The third kappa shape index (κ3) is 7.40. The summed E-state index contributed by atoms with van der Waals surface area (Å²) in [6.45, 7) is 7.12. The van der Waals surface area contributed by atoms with Gasteiger partial charge in [-0.1, -0.05) is 73.1 Å². The Morgan fingerprint density at radius 1 is 1.13 bits per heavy atom. The molecule has 0 aliphatic carbocycles. The van der Waals surface area contributed by atoms with Crippen molar-refractivity contribution in [2.24, 2.45) is 11.1 Å². The van der Waals surface area contributed by atoms with Crippen LogP contribution in [0.5, 0.6) is 0 Å². The Labute approximate surface area is 184 Å². The molecule has 0 spiro atoms. The molecule has 1 aliphatic heterocycles. The number of aliphatic hydroxyl groups is 1. The number of rotatable bonds is 11. The maximum Gasteiger partial charge on any atom is 0.145 e. The number of hydrogen-bond acceptors (Lipinski definition) is 5. The van der Waals surface area contributed by atoms with Gasteiger partial charge in [0.25, 0.3) is 0 Å². The molecular weight excluding hydrogens is 400 g/mol. The lowest BCUT2D eigenvalue weighted by atomic mass is 10.0. The van der Waals surface area contributed by atoms with Gasteiger partial charge in [-0.15, -0.1) is 0 Å². The normalized spacial score (nSPS) is 17.3. The second-order valence-corrected chi connectivity index (χ2v) is 8.68. The van der Waals surface area contributed by atoms with E-state index in [0.29, 0.717) is 37.2 Å². The molecule has 6 heteroatoms. The Kier molecular flexibility index (Phi) is 8.70. The molecule has 0 aromatic heterocycles. The van der Waals surface area contributed by atoms with Crippen molar-refractivity contribution < 1.29 is 14.7 Å². The van der Waals surface area contributed by atoms with Crippen molar-refractivity contribution in [1.82, 2.24) is 4.90 Å². The number of ether oxygens (including phenoxy) is 1. The van der Waals surface area contributed by atoms with Gasteiger partial charge in [0.1, 0.15) is 6.10 Å². The van der Waals surface area contributed by atoms with E-state index in [9.17, 15) is 5.11 Å². The van der Waals surface area contributed by atoms with Crippen LogP contribution in [0.2, 0.25) is 5.02 Å². The van der Waals surface area contributed by atoms with Gasteiger partial charge in [0.05, 0.1) is 18.4 Å². The summed E-state index contributed by atoms with van der Waals surface area (Å²) in [5, 5.41) is 15.5. The summed E-state index contributed by atoms with van der Waals surface area (Å²) in [6.07, 6.45) is 0.126. The van der Waals surface area contributed by atoms with E-state index in [2.05, 4.69) is 36.0 Å². The van der Waals surface area contributed by atoms with Gasteiger partial charge in [-0.3, -0.25) is 4.90 Å². The van der Waals surface area contributed by atoms with E-state index < -0.39 is 6.10 Å². The Morgan fingerprint density at radius 3 is 2.57 bits per heavy atom. The highest BCUT2D eigenvalue weighted by Crippen LogP contribution is 2.20. The summed E-state index contributed by atoms with van der Waals surface area (Å²) in [4.78, 5) is 7.93. The predicted molar refractivity (Wildman–Crippen MR) is 121 cm³/mol. The van der Waals surface area contributed by atoms with E-state index in [1.807, 2.05) is 42.5 Å². The fraction of sp³-hybridized carbons (Fsp3) is 0.458. The van der Waals surface area contributed by atoms with Crippen molar-refractivity contribution >= 4 is 17.3 Å². The first-order valence-corrected chi connectivity index (χ1v) is 10.9. The van der Waals surface area contributed by atoms with Crippen LogP contribution in [0.1, 0.15) is 31.4 Å². The number of aliphatic hydroxyl groups excluding tert-OH is 1. The van der Waals surface area contributed by atoms with Crippen LogP contribution < -0.4 is 0 Å². The molecule has 30 heavy (non-hydrogen) atoms. The molecule has 5 nitrogen and oxygen atoms in total. The third-order valence-corrected chi connectivity index (χ3v) is 5.10. The van der Waals surface area contributed by atoms with Crippen LogP contribution in [0.15, 0.2) is 59.8 Å². The van der Waals surface area contributed by atoms with Crippen LogP contribution in [0, 0.1) is 5.92 Å². The van der Waals surface area contributed by atoms with Gasteiger partial charge in [-0.25, -0.2) is 0 Å². The van der Waals surface area contributed by atoms with Crippen molar-refractivity contribution in [3.8, 4) is 0 Å². The molecule has 1 N–H and O–H groups in total. The lowest BCUT2D eigenvalue weighted by molar-refractivity contribution is -0.00734. The van der Waals surface area contributed by atoms with Gasteiger partial charge in [0.2, 0.25) is 0 Å². The number of halogens is 1. The van der Waals surface area contributed by atoms with Crippen molar-refractivity contribution in [1.29, 1.82) is 0 Å². The molecule has 3 rings (SSSR count). The summed E-state index contributed by atoms with van der Waals surface area (Å²) in [7, 11) is 0. The quantitative estimate of drug-likeness (QED) is 0.575. The van der Waals surface area contributed by atoms with E-state index in [1.54, 1.807) is 0 Å².